The van der Waals surface area contributed by atoms with Crippen molar-refractivity contribution in [3.63, 3.8) is 0 Å². The van der Waals surface area contributed by atoms with E-state index in [4.69, 9.17) is 22.9 Å². The van der Waals surface area contributed by atoms with E-state index in [-0.39, 0.29) is 5.78 Å². The van der Waals surface area contributed by atoms with E-state index in [9.17, 15) is 4.79 Å². The van der Waals surface area contributed by atoms with Gasteiger partial charge in [-0.15, -0.1) is 0 Å². The second-order valence-corrected chi connectivity index (χ2v) is 8.02. The van der Waals surface area contributed by atoms with E-state index in [1.54, 1.807) is 24.3 Å². The lowest BCUT2D eigenvalue weighted by molar-refractivity contribution is 0.0911. The third-order valence-corrected chi connectivity index (χ3v) is 5.82. The predicted octanol–water partition coefficient (Wildman–Crippen LogP) is 4.43. The molecule has 5 heteroatoms. The Balaban J connectivity index is 1.98. The molecule has 0 aliphatic heterocycles. The highest BCUT2D eigenvalue weighted by atomic mass is 16.1. The number of anilines is 4. The molecule has 0 aliphatic rings. The van der Waals surface area contributed by atoms with Crippen molar-refractivity contribution in [2.75, 3.05) is 22.9 Å². The molecule has 160 valence electrons. The van der Waals surface area contributed by atoms with Crippen molar-refractivity contribution in [2.45, 2.75) is 11.8 Å². The summed E-state index contributed by atoms with van der Waals surface area (Å²) in [6, 6.07) is 29.6. The molecular weight excluding hydrogens is 396 g/mol. The van der Waals surface area contributed by atoms with E-state index < -0.39 is 5.41 Å². The van der Waals surface area contributed by atoms with E-state index in [0.717, 1.165) is 16.7 Å². The Labute approximate surface area is 187 Å². The average Bonchev–Trinajstić information content (AvgIpc) is 2.80. The maximum absolute atomic E-state index is 14.3. The molecule has 0 radical (unpaired) electrons. The minimum Gasteiger partial charge on any atom is -0.399 e. The van der Waals surface area contributed by atoms with Crippen LogP contribution in [-0.4, -0.2) is 5.78 Å². The van der Waals surface area contributed by atoms with Gasteiger partial charge in [-0.25, -0.2) is 0 Å². The Bertz CT molecular complexity index is 1170. The summed E-state index contributed by atoms with van der Waals surface area (Å²) in [5.74, 6) is -0.0381. The molecule has 0 unspecified atom stereocenters. The van der Waals surface area contributed by atoms with Crippen molar-refractivity contribution in [2.24, 2.45) is 0 Å². The molecular formula is C27H26N4O. The maximum atomic E-state index is 14.3. The summed E-state index contributed by atoms with van der Waals surface area (Å²) in [4.78, 5) is 14.3. The van der Waals surface area contributed by atoms with Crippen LogP contribution < -0.4 is 22.9 Å². The van der Waals surface area contributed by atoms with Crippen LogP contribution in [0, 0.1) is 0 Å². The molecule has 0 heterocycles. The topological polar surface area (TPSA) is 121 Å². The fourth-order valence-corrected chi connectivity index (χ4v) is 4.07. The first kappa shape index (κ1) is 21.0. The first-order chi connectivity index (χ1) is 15.4. The Morgan fingerprint density at radius 3 is 1.28 bits per heavy atom. The first-order valence-corrected chi connectivity index (χ1v) is 10.4. The maximum Gasteiger partial charge on any atom is 0.178 e. The van der Waals surface area contributed by atoms with Crippen LogP contribution in [0.15, 0.2) is 97.1 Å². The highest BCUT2D eigenvalue weighted by molar-refractivity contribution is 6.07. The highest BCUT2D eigenvalue weighted by Gasteiger charge is 2.42. The van der Waals surface area contributed by atoms with Crippen LogP contribution in [0.3, 0.4) is 0 Å². The van der Waals surface area contributed by atoms with Gasteiger partial charge in [0.15, 0.2) is 5.78 Å². The van der Waals surface area contributed by atoms with Crippen molar-refractivity contribution in [1.82, 2.24) is 0 Å². The number of hydrogen-bond donors (Lipinski definition) is 4. The number of ketones is 1. The third kappa shape index (κ3) is 4.01. The van der Waals surface area contributed by atoms with Gasteiger partial charge in [-0.2, -0.15) is 0 Å². The van der Waals surface area contributed by atoms with Crippen molar-refractivity contribution in [3.05, 3.63) is 119 Å². The van der Waals surface area contributed by atoms with Crippen LogP contribution in [0.4, 0.5) is 22.7 Å². The number of carbonyl (C=O) groups excluding carboxylic acids is 1. The van der Waals surface area contributed by atoms with Gasteiger partial charge < -0.3 is 22.9 Å². The SMILES string of the molecule is Nc1ccc(CC(C(=O)c2ccc(N)cc2)(c2ccc(N)cc2)c2ccc(N)cc2)cc1. The zero-order chi connectivity index (χ0) is 22.7. The fraction of sp³-hybridized carbons (Fsp3) is 0.0741. The number of carbonyl (C=O) groups is 1. The van der Waals surface area contributed by atoms with Gasteiger partial charge in [0, 0.05) is 28.3 Å². The molecule has 32 heavy (non-hydrogen) atoms. The molecule has 0 fully saturated rings. The summed E-state index contributed by atoms with van der Waals surface area (Å²) < 4.78 is 0. The van der Waals surface area contributed by atoms with Crippen LogP contribution in [0.1, 0.15) is 27.0 Å². The highest BCUT2D eigenvalue weighted by Crippen LogP contribution is 2.40. The smallest absolute Gasteiger partial charge is 0.178 e. The van der Waals surface area contributed by atoms with Gasteiger partial charge in [-0.3, -0.25) is 4.79 Å². The van der Waals surface area contributed by atoms with Gasteiger partial charge in [0.25, 0.3) is 0 Å². The normalized spacial score (nSPS) is 11.2. The van der Waals surface area contributed by atoms with E-state index >= 15 is 0 Å². The fourth-order valence-electron chi connectivity index (χ4n) is 4.07. The summed E-state index contributed by atoms with van der Waals surface area (Å²) >= 11 is 0. The van der Waals surface area contributed by atoms with Gasteiger partial charge in [-0.1, -0.05) is 36.4 Å². The molecule has 0 amide bonds. The lowest BCUT2D eigenvalue weighted by atomic mass is 9.66. The Morgan fingerprint density at radius 1 is 0.531 bits per heavy atom. The summed E-state index contributed by atoms with van der Waals surface area (Å²) in [5.41, 5.74) is 28.5. The monoisotopic (exact) mass is 422 g/mol. The molecule has 5 nitrogen and oxygen atoms in total. The van der Waals surface area contributed by atoms with Crippen LogP contribution in [0.25, 0.3) is 0 Å². The first-order valence-electron chi connectivity index (χ1n) is 10.4. The molecule has 0 bridgehead atoms. The van der Waals surface area contributed by atoms with Gasteiger partial charge >= 0.3 is 0 Å². The molecule has 4 aromatic rings. The summed E-state index contributed by atoms with van der Waals surface area (Å²) in [6.07, 6.45) is 0.435. The van der Waals surface area contributed by atoms with Gasteiger partial charge in [-0.05, 0) is 83.8 Å². The lowest BCUT2D eigenvalue weighted by Gasteiger charge is -2.34. The summed E-state index contributed by atoms with van der Waals surface area (Å²) in [6.45, 7) is 0. The second kappa shape index (κ2) is 8.47. The predicted molar refractivity (Wildman–Crippen MR) is 132 cm³/mol. The number of nitrogens with two attached hydrogens (primary N) is 4. The number of nitrogen functional groups attached to an aromatic ring is 4. The quantitative estimate of drug-likeness (QED) is 0.271. The Kier molecular flexibility index (Phi) is 5.56. The van der Waals surface area contributed by atoms with Gasteiger partial charge in [0.1, 0.15) is 0 Å². The molecule has 0 aromatic heterocycles. The van der Waals surface area contributed by atoms with Crippen LogP contribution in [0.2, 0.25) is 0 Å². The van der Waals surface area contributed by atoms with Crippen molar-refractivity contribution < 1.29 is 4.79 Å². The van der Waals surface area contributed by atoms with Crippen LogP contribution in [-0.2, 0) is 11.8 Å². The van der Waals surface area contributed by atoms with Crippen LogP contribution in [0.5, 0.6) is 0 Å². The number of Topliss-reactive ketones (excluding diaryl/α,β-unsaturated/α-hetero) is 1. The van der Waals surface area contributed by atoms with Gasteiger partial charge in [0.2, 0.25) is 0 Å². The van der Waals surface area contributed by atoms with Crippen molar-refractivity contribution in [1.29, 1.82) is 0 Å². The second-order valence-electron chi connectivity index (χ2n) is 8.02. The molecule has 0 atom stereocenters. The summed E-state index contributed by atoms with van der Waals surface area (Å²) in [5, 5.41) is 0. The zero-order valence-corrected chi connectivity index (χ0v) is 17.7. The van der Waals surface area contributed by atoms with Crippen molar-refractivity contribution >= 4 is 28.5 Å². The molecule has 0 aliphatic carbocycles. The van der Waals surface area contributed by atoms with Crippen LogP contribution >= 0.6 is 0 Å². The van der Waals surface area contributed by atoms with E-state index in [1.165, 1.54) is 0 Å². The van der Waals surface area contributed by atoms with E-state index in [1.807, 2.05) is 72.8 Å². The molecule has 0 saturated heterocycles. The molecule has 8 N–H and O–H groups in total. The standard InChI is InChI=1S/C27H26N4O/c28-22-9-1-18(2-10-22)17-27(20-5-13-24(30)14-6-20,21-7-15-25(31)16-8-21)26(32)19-3-11-23(29)12-4-19/h1-16H,17,28-31H2. The number of rotatable bonds is 6. The molecule has 4 aromatic carbocycles. The van der Waals surface area contributed by atoms with Gasteiger partial charge in [0.05, 0.1) is 5.41 Å². The number of benzene rings is 4. The largest absolute Gasteiger partial charge is 0.399 e. The summed E-state index contributed by atoms with van der Waals surface area (Å²) in [7, 11) is 0. The van der Waals surface area contributed by atoms with E-state index in [0.29, 0.717) is 34.7 Å². The van der Waals surface area contributed by atoms with E-state index in [2.05, 4.69) is 0 Å². The van der Waals surface area contributed by atoms with Crippen molar-refractivity contribution in [3.8, 4) is 0 Å². The Hall–Kier alpha value is -4.25. The zero-order valence-electron chi connectivity index (χ0n) is 17.7. The Morgan fingerprint density at radius 2 is 0.875 bits per heavy atom. The minimum absolute atomic E-state index is 0.0381. The minimum atomic E-state index is -1.01. The average molecular weight is 423 g/mol. The molecule has 0 saturated carbocycles. The molecule has 4 rings (SSSR count). The third-order valence-electron chi connectivity index (χ3n) is 5.82. The lowest BCUT2D eigenvalue weighted by Crippen LogP contribution is -2.39. The number of hydrogen-bond acceptors (Lipinski definition) is 5. The molecule has 0 spiro atoms.